The minimum atomic E-state index is -1.02. The van der Waals surface area contributed by atoms with Gasteiger partial charge in [-0.3, -0.25) is 9.59 Å². The topological polar surface area (TPSA) is 75.6 Å². The molecule has 126 valence electrons. The zero-order valence-electron chi connectivity index (χ0n) is 13.0. The second-order valence-corrected chi connectivity index (χ2v) is 5.16. The van der Waals surface area contributed by atoms with Crippen LogP contribution in [0.3, 0.4) is 0 Å². The van der Waals surface area contributed by atoms with Gasteiger partial charge in [-0.05, 0) is 12.1 Å². The number of carboxylic acids is 1. The zero-order chi connectivity index (χ0) is 17.4. The fourth-order valence-corrected chi connectivity index (χ4v) is 2.06. The van der Waals surface area contributed by atoms with Crippen LogP contribution in [0.25, 0.3) is 0 Å². The van der Waals surface area contributed by atoms with E-state index in [-0.39, 0.29) is 37.7 Å². The molecule has 2 rings (SSSR count). The Bertz CT molecular complexity index is 718. The van der Waals surface area contributed by atoms with Crippen LogP contribution in [0.4, 0.5) is 4.39 Å². The molecule has 6 heteroatoms. The van der Waals surface area contributed by atoms with Crippen LogP contribution in [0.5, 0.6) is 5.75 Å². The first kappa shape index (κ1) is 17.5. The summed E-state index contributed by atoms with van der Waals surface area (Å²) in [6.07, 6.45) is -0.287. The Kier molecular flexibility index (Phi) is 6.31. The molecule has 0 saturated heterocycles. The monoisotopic (exact) mass is 331 g/mol. The summed E-state index contributed by atoms with van der Waals surface area (Å²) in [6, 6.07) is 13.5. The Morgan fingerprint density at radius 1 is 1.00 bits per heavy atom. The van der Waals surface area contributed by atoms with Gasteiger partial charge in [-0.15, -0.1) is 0 Å². The van der Waals surface area contributed by atoms with E-state index in [0.717, 1.165) is 5.56 Å². The van der Waals surface area contributed by atoms with Crippen molar-refractivity contribution in [3.63, 3.8) is 0 Å². The normalized spacial score (nSPS) is 10.2. The first-order valence-corrected chi connectivity index (χ1v) is 7.49. The molecule has 0 unspecified atom stereocenters. The first-order chi connectivity index (χ1) is 11.6. The van der Waals surface area contributed by atoms with Crippen molar-refractivity contribution in [3.8, 4) is 5.75 Å². The van der Waals surface area contributed by atoms with Crippen molar-refractivity contribution in [3.05, 3.63) is 65.5 Å². The lowest BCUT2D eigenvalue weighted by atomic mass is 10.2. The molecule has 24 heavy (non-hydrogen) atoms. The van der Waals surface area contributed by atoms with E-state index in [4.69, 9.17) is 9.84 Å². The van der Waals surface area contributed by atoms with Gasteiger partial charge in [-0.25, -0.2) is 4.39 Å². The number of rotatable bonds is 8. The van der Waals surface area contributed by atoms with Gasteiger partial charge < -0.3 is 15.2 Å². The molecule has 0 fully saturated rings. The van der Waals surface area contributed by atoms with E-state index in [0.29, 0.717) is 11.3 Å². The van der Waals surface area contributed by atoms with Gasteiger partial charge in [0.2, 0.25) is 5.91 Å². The number of carbonyl (C=O) groups is 2. The second-order valence-electron chi connectivity index (χ2n) is 5.16. The molecule has 0 spiro atoms. The van der Waals surface area contributed by atoms with Gasteiger partial charge in [0.1, 0.15) is 18.2 Å². The third-order valence-corrected chi connectivity index (χ3v) is 3.36. The van der Waals surface area contributed by atoms with Gasteiger partial charge in [0.05, 0.1) is 6.42 Å². The van der Waals surface area contributed by atoms with Crippen LogP contribution in [0.2, 0.25) is 0 Å². The van der Waals surface area contributed by atoms with Crippen LogP contribution < -0.4 is 10.1 Å². The molecule has 1 amide bonds. The van der Waals surface area contributed by atoms with E-state index < -0.39 is 5.97 Å². The lowest BCUT2D eigenvalue weighted by Gasteiger charge is -2.12. The van der Waals surface area contributed by atoms with Gasteiger partial charge in [-0.1, -0.05) is 36.4 Å². The number of halogens is 1. The number of para-hydroxylation sites is 1. The highest BCUT2D eigenvalue weighted by Crippen LogP contribution is 2.20. The molecule has 2 N–H and O–H groups in total. The number of carbonyl (C=O) groups excluding carboxylic acids is 1. The van der Waals surface area contributed by atoms with Crippen LogP contribution in [-0.2, 0) is 22.7 Å². The quantitative estimate of drug-likeness (QED) is 0.780. The van der Waals surface area contributed by atoms with E-state index in [9.17, 15) is 14.0 Å². The van der Waals surface area contributed by atoms with Crippen LogP contribution in [-0.4, -0.2) is 17.0 Å². The van der Waals surface area contributed by atoms with Crippen LogP contribution in [0.15, 0.2) is 48.5 Å². The molecule has 0 aliphatic rings. The van der Waals surface area contributed by atoms with Gasteiger partial charge in [0, 0.05) is 24.1 Å². The highest BCUT2D eigenvalue weighted by atomic mass is 19.1. The van der Waals surface area contributed by atoms with Crippen molar-refractivity contribution in [1.82, 2.24) is 5.32 Å². The number of carboxylic acid groups (broad SMARTS) is 1. The van der Waals surface area contributed by atoms with Gasteiger partial charge in [0.15, 0.2) is 0 Å². The summed E-state index contributed by atoms with van der Waals surface area (Å²) in [6.45, 7) is 0.294. The summed E-state index contributed by atoms with van der Waals surface area (Å²) >= 11 is 0. The summed E-state index contributed by atoms with van der Waals surface area (Å²) < 4.78 is 19.3. The van der Waals surface area contributed by atoms with Gasteiger partial charge in [0.25, 0.3) is 0 Å². The molecule has 0 heterocycles. The average Bonchev–Trinajstić information content (AvgIpc) is 2.58. The number of amides is 1. The van der Waals surface area contributed by atoms with Crippen molar-refractivity contribution >= 4 is 11.9 Å². The van der Waals surface area contributed by atoms with Crippen LogP contribution >= 0.6 is 0 Å². The predicted octanol–water partition coefficient (Wildman–Crippen LogP) is 2.89. The molecular formula is C18H18FNO4. The maximum absolute atomic E-state index is 13.6. The summed E-state index contributed by atoms with van der Waals surface area (Å²) in [5.41, 5.74) is 1.18. The van der Waals surface area contributed by atoms with Crippen molar-refractivity contribution in [2.75, 3.05) is 0 Å². The smallest absolute Gasteiger partial charge is 0.303 e. The molecule has 0 aliphatic heterocycles. The summed E-state index contributed by atoms with van der Waals surface area (Å²) in [5, 5.41) is 11.2. The van der Waals surface area contributed by atoms with E-state index in [1.165, 1.54) is 6.07 Å². The number of benzene rings is 2. The van der Waals surface area contributed by atoms with Gasteiger partial charge >= 0.3 is 5.97 Å². The predicted molar refractivity (Wildman–Crippen MR) is 85.9 cm³/mol. The Morgan fingerprint density at radius 3 is 2.38 bits per heavy atom. The first-order valence-electron chi connectivity index (χ1n) is 7.49. The number of nitrogens with one attached hydrogen (secondary N) is 1. The lowest BCUT2D eigenvalue weighted by molar-refractivity contribution is -0.138. The Labute approximate surface area is 139 Å². The average molecular weight is 331 g/mol. The molecule has 0 aliphatic carbocycles. The zero-order valence-corrected chi connectivity index (χ0v) is 13.0. The number of aliphatic carboxylic acids is 1. The summed E-state index contributed by atoms with van der Waals surface area (Å²) in [7, 11) is 0. The number of hydrogen-bond donors (Lipinski definition) is 2. The Morgan fingerprint density at radius 2 is 1.67 bits per heavy atom. The molecule has 0 saturated carbocycles. The minimum Gasteiger partial charge on any atom is -0.488 e. The fraction of sp³-hybridized carbons (Fsp3) is 0.222. The lowest BCUT2D eigenvalue weighted by Crippen LogP contribution is -2.23. The standard InChI is InChI=1S/C18H18FNO4/c19-15-7-3-1-6-14(15)12-24-16-8-4-2-5-13(16)11-20-17(21)9-10-18(22)23/h1-8H,9-12H2,(H,20,21)(H,22,23). The summed E-state index contributed by atoms with van der Waals surface area (Å²) in [4.78, 5) is 22.0. The SMILES string of the molecule is O=C(O)CCC(=O)NCc1ccccc1OCc1ccccc1F. The molecule has 5 nitrogen and oxygen atoms in total. The molecular weight excluding hydrogens is 313 g/mol. The van der Waals surface area contributed by atoms with E-state index in [2.05, 4.69) is 5.32 Å². The molecule has 0 bridgehead atoms. The largest absolute Gasteiger partial charge is 0.488 e. The second kappa shape index (κ2) is 8.67. The minimum absolute atomic E-state index is 0.0758. The van der Waals surface area contributed by atoms with Crippen LogP contribution in [0.1, 0.15) is 24.0 Å². The summed E-state index contributed by atoms with van der Waals surface area (Å²) in [5.74, 6) is -1.16. The number of ether oxygens (including phenoxy) is 1. The molecule has 0 radical (unpaired) electrons. The van der Waals surface area contributed by atoms with E-state index in [1.807, 2.05) is 0 Å². The molecule has 0 atom stereocenters. The molecule has 2 aromatic carbocycles. The molecule has 0 aromatic heterocycles. The van der Waals surface area contributed by atoms with Gasteiger partial charge in [-0.2, -0.15) is 0 Å². The highest BCUT2D eigenvalue weighted by Gasteiger charge is 2.09. The maximum atomic E-state index is 13.6. The fourth-order valence-electron chi connectivity index (χ4n) is 2.06. The third-order valence-electron chi connectivity index (χ3n) is 3.36. The highest BCUT2D eigenvalue weighted by molar-refractivity contribution is 5.80. The van der Waals surface area contributed by atoms with Crippen molar-refractivity contribution < 1.29 is 23.8 Å². The van der Waals surface area contributed by atoms with Crippen LogP contribution in [0, 0.1) is 5.82 Å². The Hall–Kier alpha value is -2.89. The van der Waals surface area contributed by atoms with Crippen molar-refractivity contribution in [2.45, 2.75) is 26.0 Å². The molecule has 2 aromatic rings. The Balaban J connectivity index is 1.93. The van der Waals surface area contributed by atoms with Crippen molar-refractivity contribution in [2.24, 2.45) is 0 Å². The van der Waals surface area contributed by atoms with E-state index in [1.54, 1.807) is 42.5 Å². The number of hydrogen-bond acceptors (Lipinski definition) is 3. The maximum Gasteiger partial charge on any atom is 0.303 e. The van der Waals surface area contributed by atoms with Crippen molar-refractivity contribution in [1.29, 1.82) is 0 Å². The third kappa shape index (κ3) is 5.39. The van der Waals surface area contributed by atoms with E-state index >= 15 is 0 Å².